The quantitative estimate of drug-likeness (QED) is 0.641. The molecule has 1 fully saturated rings. The van der Waals surface area contributed by atoms with Gasteiger partial charge in [0.15, 0.2) is 5.96 Å². The van der Waals surface area contributed by atoms with Crippen LogP contribution in [-0.4, -0.2) is 32.8 Å². The van der Waals surface area contributed by atoms with Gasteiger partial charge < -0.3 is 15.4 Å². The number of ether oxygens (including phenoxy) is 1. The number of nitrogens with zero attached hydrogens (tertiary/aromatic N) is 1. The van der Waals surface area contributed by atoms with Gasteiger partial charge in [-0.2, -0.15) is 0 Å². The summed E-state index contributed by atoms with van der Waals surface area (Å²) in [5, 5.41) is 7.33. The molecule has 1 aromatic rings. The van der Waals surface area contributed by atoms with Crippen LogP contribution in [0.5, 0.6) is 0 Å². The van der Waals surface area contributed by atoms with Gasteiger partial charge in [0.1, 0.15) is 0 Å². The molecule has 2 N–H and O–H groups in total. The fraction of sp³-hybridized carbons (Fsp3) is 0.500. The summed E-state index contributed by atoms with van der Waals surface area (Å²) in [6.45, 7) is 3.23. The molecule has 1 heterocycles. The van der Waals surface area contributed by atoms with Gasteiger partial charge in [0.05, 0.1) is 6.61 Å². The molecule has 2 rings (SSSR count). The Morgan fingerprint density at radius 3 is 3.00 bits per heavy atom. The highest BCUT2D eigenvalue weighted by molar-refractivity contribution is 9.10. The zero-order valence-corrected chi connectivity index (χ0v) is 13.8. The van der Waals surface area contributed by atoms with Crippen molar-refractivity contribution in [2.24, 2.45) is 10.9 Å². The maximum Gasteiger partial charge on any atom is 0.191 e. The third-order valence-corrected chi connectivity index (χ3v) is 4.11. The minimum Gasteiger partial charge on any atom is -0.381 e. The number of guanidine groups is 1. The minimum atomic E-state index is 0.574. The van der Waals surface area contributed by atoms with Gasteiger partial charge >= 0.3 is 0 Å². The zero-order valence-electron chi connectivity index (χ0n) is 11.5. The lowest BCUT2D eigenvalue weighted by molar-refractivity contribution is 0.186. The third-order valence-electron chi connectivity index (χ3n) is 3.27. The van der Waals surface area contributed by atoms with Gasteiger partial charge in [0, 0.05) is 42.2 Å². The number of hydrogen-bond acceptors (Lipinski definition) is 2. The Kier molecular flexibility index (Phi) is 6.13. The monoisotopic (exact) mass is 359 g/mol. The molecule has 0 radical (unpaired) electrons. The molecule has 0 aromatic heterocycles. The highest BCUT2D eigenvalue weighted by atomic mass is 79.9. The van der Waals surface area contributed by atoms with Crippen LogP contribution in [0.2, 0.25) is 5.02 Å². The molecule has 1 saturated heterocycles. The second-order valence-electron chi connectivity index (χ2n) is 4.77. The van der Waals surface area contributed by atoms with Gasteiger partial charge in [-0.3, -0.25) is 4.99 Å². The Morgan fingerprint density at radius 2 is 2.35 bits per heavy atom. The van der Waals surface area contributed by atoms with Crippen LogP contribution in [0.15, 0.2) is 27.7 Å². The molecule has 110 valence electrons. The van der Waals surface area contributed by atoms with E-state index in [-0.39, 0.29) is 0 Å². The van der Waals surface area contributed by atoms with Crippen LogP contribution in [0.3, 0.4) is 0 Å². The largest absolute Gasteiger partial charge is 0.381 e. The summed E-state index contributed by atoms with van der Waals surface area (Å²) < 4.78 is 6.34. The molecule has 20 heavy (non-hydrogen) atoms. The molecule has 0 saturated carbocycles. The summed E-state index contributed by atoms with van der Waals surface area (Å²) in [6.07, 6.45) is 1.11. The highest BCUT2D eigenvalue weighted by Crippen LogP contribution is 2.21. The van der Waals surface area contributed by atoms with Crippen molar-refractivity contribution >= 4 is 33.5 Å². The number of hydrogen-bond donors (Lipinski definition) is 2. The first-order valence-electron chi connectivity index (χ1n) is 6.65. The van der Waals surface area contributed by atoms with Crippen molar-refractivity contribution in [2.45, 2.75) is 13.0 Å². The van der Waals surface area contributed by atoms with Gasteiger partial charge in [-0.1, -0.05) is 33.6 Å². The van der Waals surface area contributed by atoms with Crippen molar-refractivity contribution in [3.05, 3.63) is 33.3 Å². The number of aliphatic imine (C=N–C) groups is 1. The lowest BCUT2D eigenvalue weighted by Gasteiger charge is -2.15. The zero-order chi connectivity index (χ0) is 14.4. The van der Waals surface area contributed by atoms with Crippen molar-refractivity contribution in [2.75, 3.05) is 26.8 Å². The highest BCUT2D eigenvalue weighted by Gasteiger charge is 2.15. The summed E-state index contributed by atoms with van der Waals surface area (Å²) in [5.74, 6) is 1.36. The maximum atomic E-state index is 6.19. The standard InChI is InChI=1S/C14H19BrClN3O/c1-17-14(18-7-10-4-5-20-9-10)19-8-11-2-3-12(15)6-13(11)16/h2-3,6,10H,4-5,7-9H2,1H3,(H2,17,18,19). The molecule has 0 bridgehead atoms. The summed E-state index contributed by atoms with van der Waals surface area (Å²) in [6, 6.07) is 5.87. The van der Waals surface area contributed by atoms with E-state index in [2.05, 4.69) is 31.6 Å². The average molecular weight is 361 g/mol. The molecule has 0 aliphatic carbocycles. The molecule has 1 atom stereocenters. The van der Waals surface area contributed by atoms with Crippen molar-refractivity contribution in [1.29, 1.82) is 0 Å². The molecule has 4 nitrogen and oxygen atoms in total. The van der Waals surface area contributed by atoms with E-state index in [1.807, 2.05) is 18.2 Å². The number of benzene rings is 1. The number of halogens is 2. The second kappa shape index (κ2) is 7.86. The van der Waals surface area contributed by atoms with E-state index < -0.39 is 0 Å². The van der Waals surface area contributed by atoms with E-state index >= 15 is 0 Å². The molecule has 0 spiro atoms. The molecule has 6 heteroatoms. The van der Waals surface area contributed by atoms with Crippen LogP contribution in [-0.2, 0) is 11.3 Å². The molecule has 0 amide bonds. The summed E-state index contributed by atoms with van der Waals surface area (Å²) in [7, 11) is 1.77. The topological polar surface area (TPSA) is 45.7 Å². The maximum absolute atomic E-state index is 6.19. The molecule has 1 aliphatic rings. The van der Waals surface area contributed by atoms with Crippen molar-refractivity contribution < 1.29 is 4.74 Å². The van der Waals surface area contributed by atoms with Crippen LogP contribution < -0.4 is 10.6 Å². The van der Waals surface area contributed by atoms with Crippen molar-refractivity contribution in [3.63, 3.8) is 0 Å². The predicted octanol–water partition coefficient (Wildman–Crippen LogP) is 2.80. The van der Waals surface area contributed by atoms with Gasteiger partial charge in [0.25, 0.3) is 0 Å². The van der Waals surface area contributed by atoms with E-state index in [4.69, 9.17) is 16.3 Å². The van der Waals surface area contributed by atoms with Crippen LogP contribution in [0.4, 0.5) is 0 Å². The third kappa shape index (κ3) is 4.65. The van der Waals surface area contributed by atoms with Gasteiger partial charge in [0.2, 0.25) is 0 Å². The smallest absolute Gasteiger partial charge is 0.191 e. The summed E-state index contributed by atoms with van der Waals surface area (Å²) in [5.41, 5.74) is 1.04. The Bertz CT molecular complexity index is 475. The van der Waals surface area contributed by atoms with E-state index in [9.17, 15) is 0 Å². The van der Waals surface area contributed by atoms with E-state index in [1.165, 1.54) is 0 Å². The Balaban J connectivity index is 1.81. The van der Waals surface area contributed by atoms with Crippen LogP contribution in [0, 0.1) is 5.92 Å². The van der Waals surface area contributed by atoms with Crippen LogP contribution >= 0.6 is 27.5 Å². The Hall–Kier alpha value is -0.780. The fourth-order valence-electron chi connectivity index (χ4n) is 2.05. The first-order valence-corrected chi connectivity index (χ1v) is 7.82. The van der Waals surface area contributed by atoms with Gasteiger partial charge in [-0.15, -0.1) is 0 Å². The van der Waals surface area contributed by atoms with E-state index in [0.29, 0.717) is 12.5 Å². The first kappa shape index (κ1) is 15.6. The van der Waals surface area contributed by atoms with Gasteiger partial charge in [-0.25, -0.2) is 0 Å². The van der Waals surface area contributed by atoms with Crippen molar-refractivity contribution in [1.82, 2.24) is 10.6 Å². The summed E-state index contributed by atoms with van der Waals surface area (Å²) in [4.78, 5) is 4.21. The minimum absolute atomic E-state index is 0.574. The average Bonchev–Trinajstić information content (AvgIpc) is 2.94. The number of nitrogens with one attached hydrogen (secondary N) is 2. The lowest BCUT2D eigenvalue weighted by atomic mass is 10.1. The first-order chi connectivity index (χ1) is 9.69. The van der Waals surface area contributed by atoms with Crippen LogP contribution in [0.1, 0.15) is 12.0 Å². The summed E-state index contributed by atoms with van der Waals surface area (Å²) >= 11 is 9.59. The normalized spacial score (nSPS) is 19.1. The van der Waals surface area contributed by atoms with Gasteiger partial charge in [-0.05, 0) is 24.1 Å². The molecule has 1 aliphatic heterocycles. The van der Waals surface area contributed by atoms with Crippen molar-refractivity contribution in [3.8, 4) is 0 Å². The molecule has 1 aromatic carbocycles. The molecular weight excluding hydrogens is 342 g/mol. The molecule has 1 unspecified atom stereocenters. The predicted molar refractivity (Wildman–Crippen MR) is 86.3 cm³/mol. The van der Waals surface area contributed by atoms with Crippen LogP contribution in [0.25, 0.3) is 0 Å². The SMILES string of the molecule is CN=C(NCc1ccc(Br)cc1Cl)NCC1CCOC1. The lowest BCUT2D eigenvalue weighted by Crippen LogP contribution is -2.39. The Morgan fingerprint density at radius 1 is 1.50 bits per heavy atom. The fourth-order valence-corrected chi connectivity index (χ4v) is 2.79. The second-order valence-corrected chi connectivity index (χ2v) is 6.09. The molecular formula is C14H19BrClN3O. The number of rotatable bonds is 4. The van der Waals surface area contributed by atoms with E-state index in [0.717, 1.165) is 47.2 Å². The van der Waals surface area contributed by atoms with E-state index in [1.54, 1.807) is 7.05 Å². The Labute approximate surface area is 133 Å².